The fourth-order valence-corrected chi connectivity index (χ4v) is 1.46. The van der Waals surface area contributed by atoms with E-state index in [1.165, 1.54) is 26.4 Å². The Morgan fingerprint density at radius 2 is 1.75 bits per heavy atom. The molecule has 0 saturated heterocycles. The van der Waals surface area contributed by atoms with Crippen LogP contribution in [0, 0.1) is 0 Å². The third kappa shape index (κ3) is 4.63. The standard InChI is InChI=1S/C13H14O6.Na.H/c1-17-8-4-5-9(12(6-8)18-2)10(14)7-11(15)13(16)19-3;;/h4-6H,7H2,1-3H3;;/q;+1;-1. The Morgan fingerprint density at radius 1 is 1.10 bits per heavy atom. The van der Waals surface area contributed by atoms with Crippen molar-refractivity contribution in [3.8, 4) is 11.5 Å². The summed E-state index contributed by atoms with van der Waals surface area (Å²) >= 11 is 0. The molecule has 1 aromatic carbocycles. The fraction of sp³-hybridized carbons (Fsp3) is 0.308. The molecule has 0 aliphatic carbocycles. The Morgan fingerprint density at radius 3 is 2.25 bits per heavy atom. The smallest absolute Gasteiger partial charge is 1.00 e. The third-order valence-corrected chi connectivity index (χ3v) is 2.44. The van der Waals surface area contributed by atoms with E-state index in [9.17, 15) is 14.4 Å². The van der Waals surface area contributed by atoms with Crippen LogP contribution >= 0.6 is 0 Å². The Balaban J connectivity index is 0. The Labute approximate surface area is 140 Å². The average Bonchev–Trinajstić information content (AvgIpc) is 2.45. The zero-order valence-electron chi connectivity index (χ0n) is 12.9. The first-order valence-electron chi connectivity index (χ1n) is 5.39. The summed E-state index contributed by atoms with van der Waals surface area (Å²) in [6, 6.07) is 4.57. The van der Waals surface area contributed by atoms with Crippen molar-refractivity contribution in [3.63, 3.8) is 0 Å². The van der Waals surface area contributed by atoms with Gasteiger partial charge in [-0.05, 0) is 12.1 Å². The molecule has 0 spiro atoms. The van der Waals surface area contributed by atoms with E-state index in [4.69, 9.17) is 9.47 Å². The van der Waals surface area contributed by atoms with Crippen LogP contribution in [0.2, 0.25) is 0 Å². The molecule has 6 nitrogen and oxygen atoms in total. The molecule has 7 heteroatoms. The fourth-order valence-electron chi connectivity index (χ4n) is 1.46. The van der Waals surface area contributed by atoms with Crippen LogP contribution in [0.3, 0.4) is 0 Å². The SMILES string of the molecule is COC(=O)C(=O)CC(=O)c1ccc(OC)cc1OC.[H-].[Na+]. The molecule has 0 fully saturated rings. The van der Waals surface area contributed by atoms with E-state index in [1.807, 2.05) is 0 Å². The molecular formula is C13H15NaO6. The van der Waals surface area contributed by atoms with E-state index >= 15 is 0 Å². The Bertz CT molecular complexity index is 517. The molecule has 0 N–H and O–H groups in total. The van der Waals surface area contributed by atoms with Crippen molar-refractivity contribution < 1.29 is 59.6 Å². The first-order chi connectivity index (χ1) is 9.03. The predicted octanol–water partition coefficient (Wildman–Crippen LogP) is -1.86. The summed E-state index contributed by atoms with van der Waals surface area (Å²) in [5, 5.41) is 0. The van der Waals surface area contributed by atoms with Crippen molar-refractivity contribution in [2.75, 3.05) is 21.3 Å². The number of ketones is 2. The number of benzene rings is 1. The maximum absolute atomic E-state index is 11.9. The van der Waals surface area contributed by atoms with Crippen molar-refractivity contribution in [1.82, 2.24) is 0 Å². The van der Waals surface area contributed by atoms with Gasteiger partial charge in [0.1, 0.15) is 11.5 Å². The molecule has 20 heavy (non-hydrogen) atoms. The minimum atomic E-state index is -1.04. The number of hydrogen-bond donors (Lipinski definition) is 0. The molecule has 104 valence electrons. The molecule has 0 bridgehead atoms. The first kappa shape index (κ1) is 18.6. The Hall–Kier alpha value is -1.37. The number of esters is 1. The molecule has 1 aromatic rings. The van der Waals surface area contributed by atoms with Gasteiger partial charge in [-0.1, -0.05) is 0 Å². The van der Waals surface area contributed by atoms with Gasteiger partial charge in [-0.25, -0.2) is 4.79 Å². The van der Waals surface area contributed by atoms with Gasteiger partial charge in [0, 0.05) is 6.07 Å². The van der Waals surface area contributed by atoms with Crippen molar-refractivity contribution in [2.45, 2.75) is 6.42 Å². The van der Waals surface area contributed by atoms with Crippen molar-refractivity contribution in [2.24, 2.45) is 0 Å². The molecule has 0 heterocycles. The second-order valence-corrected chi connectivity index (χ2v) is 3.58. The van der Waals surface area contributed by atoms with Crippen LogP contribution in [0.4, 0.5) is 0 Å². The molecule has 0 aliphatic rings. The minimum Gasteiger partial charge on any atom is -1.00 e. The molecule has 1 rings (SSSR count). The van der Waals surface area contributed by atoms with Gasteiger partial charge in [0.25, 0.3) is 0 Å². The van der Waals surface area contributed by atoms with Crippen LogP contribution in [-0.4, -0.2) is 38.9 Å². The number of carbonyl (C=O) groups excluding carboxylic acids is 3. The Kier molecular flexibility index (Phi) is 8.13. The average molecular weight is 290 g/mol. The zero-order chi connectivity index (χ0) is 14.4. The first-order valence-corrected chi connectivity index (χ1v) is 5.39. The van der Waals surface area contributed by atoms with Gasteiger partial charge in [-0.2, -0.15) is 0 Å². The molecule has 0 saturated carbocycles. The van der Waals surface area contributed by atoms with Crippen LogP contribution < -0.4 is 39.0 Å². The molecular weight excluding hydrogens is 275 g/mol. The second kappa shape index (κ2) is 8.73. The molecule has 0 radical (unpaired) electrons. The number of Topliss-reactive ketones (excluding diaryl/α,β-unsaturated/α-hetero) is 2. The normalized spacial score (nSPS) is 9.15. The predicted molar refractivity (Wildman–Crippen MR) is 66.6 cm³/mol. The van der Waals surface area contributed by atoms with Crippen molar-refractivity contribution >= 4 is 17.5 Å². The van der Waals surface area contributed by atoms with E-state index in [0.29, 0.717) is 5.75 Å². The maximum Gasteiger partial charge on any atom is 1.00 e. The molecule has 0 unspecified atom stereocenters. The van der Waals surface area contributed by atoms with Gasteiger partial charge >= 0.3 is 35.5 Å². The third-order valence-electron chi connectivity index (χ3n) is 2.44. The number of ether oxygens (including phenoxy) is 3. The molecule has 0 aliphatic heterocycles. The van der Waals surface area contributed by atoms with Gasteiger partial charge in [0.15, 0.2) is 5.78 Å². The minimum absolute atomic E-state index is 0. The van der Waals surface area contributed by atoms with Gasteiger partial charge < -0.3 is 15.6 Å². The van der Waals surface area contributed by atoms with E-state index < -0.39 is 24.0 Å². The van der Waals surface area contributed by atoms with Gasteiger partial charge in [0.2, 0.25) is 5.78 Å². The molecule has 0 amide bonds. The maximum atomic E-state index is 11.9. The number of carbonyl (C=O) groups is 3. The van der Waals surface area contributed by atoms with Gasteiger partial charge in [0.05, 0.1) is 33.3 Å². The topological polar surface area (TPSA) is 78.9 Å². The summed E-state index contributed by atoms with van der Waals surface area (Å²) < 4.78 is 14.3. The summed E-state index contributed by atoms with van der Waals surface area (Å²) in [7, 11) is 3.96. The van der Waals surface area contributed by atoms with Crippen LogP contribution in [0.1, 0.15) is 18.2 Å². The van der Waals surface area contributed by atoms with Crippen LogP contribution in [0.15, 0.2) is 18.2 Å². The van der Waals surface area contributed by atoms with E-state index in [1.54, 1.807) is 6.07 Å². The van der Waals surface area contributed by atoms with E-state index in [-0.39, 0.29) is 42.3 Å². The largest absolute Gasteiger partial charge is 1.00 e. The zero-order valence-corrected chi connectivity index (χ0v) is 13.9. The summed E-state index contributed by atoms with van der Waals surface area (Å²) in [5.41, 5.74) is 0.209. The van der Waals surface area contributed by atoms with Gasteiger partial charge in [-0.3, -0.25) is 9.59 Å². The van der Waals surface area contributed by atoms with Crippen molar-refractivity contribution in [3.05, 3.63) is 23.8 Å². The van der Waals surface area contributed by atoms with Crippen molar-refractivity contribution in [1.29, 1.82) is 0 Å². The van der Waals surface area contributed by atoms with E-state index in [2.05, 4.69) is 4.74 Å². The number of methoxy groups -OCH3 is 3. The van der Waals surface area contributed by atoms with Crippen LogP contribution in [-0.2, 0) is 14.3 Å². The number of rotatable bonds is 6. The summed E-state index contributed by atoms with van der Waals surface area (Å²) in [5.74, 6) is -1.66. The van der Waals surface area contributed by atoms with Crippen LogP contribution in [0.5, 0.6) is 11.5 Å². The summed E-state index contributed by atoms with van der Waals surface area (Å²) in [6.07, 6.45) is -0.560. The summed E-state index contributed by atoms with van der Waals surface area (Å²) in [4.78, 5) is 34.2. The quantitative estimate of drug-likeness (QED) is 0.201. The van der Waals surface area contributed by atoms with Gasteiger partial charge in [-0.15, -0.1) is 0 Å². The van der Waals surface area contributed by atoms with Crippen LogP contribution in [0.25, 0.3) is 0 Å². The monoisotopic (exact) mass is 290 g/mol. The summed E-state index contributed by atoms with van der Waals surface area (Å²) in [6.45, 7) is 0. The molecule has 0 aromatic heterocycles. The number of hydrogen-bond acceptors (Lipinski definition) is 6. The molecule has 0 atom stereocenters. The second-order valence-electron chi connectivity index (χ2n) is 3.58. The van der Waals surface area contributed by atoms with E-state index in [0.717, 1.165) is 7.11 Å².